The summed E-state index contributed by atoms with van der Waals surface area (Å²) in [6.45, 7) is 8.49. The smallest absolute Gasteiger partial charge is 0.191 e. The van der Waals surface area contributed by atoms with Crippen molar-refractivity contribution in [2.24, 2.45) is 4.99 Å². The number of piperidine rings is 1. The zero-order valence-electron chi connectivity index (χ0n) is 15.2. The summed E-state index contributed by atoms with van der Waals surface area (Å²) in [5.74, 6) is 0.994. The van der Waals surface area contributed by atoms with Crippen LogP contribution >= 0.6 is 0 Å². The number of nitrogens with one attached hydrogen (secondary N) is 2. The third-order valence-corrected chi connectivity index (χ3v) is 5.11. The molecule has 0 amide bonds. The lowest BCUT2D eigenvalue weighted by atomic mass is 9.92. The molecular formula is C19H36N4. The quantitative estimate of drug-likeness (QED) is 0.341. The van der Waals surface area contributed by atoms with Crippen LogP contribution in [0.15, 0.2) is 17.1 Å². The average molecular weight is 321 g/mol. The van der Waals surface area contributed by atoms with Crippen LogP contribution in [0.4, 0.5) is 0 Å². The third-order valence-electron chi connectivity index (χ3n) is 5.11. The Bertz CT molecular complexity index is 364. The summed E-state index contributed by atoms with van der Waals surface area (Å²) in [4.78, 5) is 7.43. The normalized spacial score (nSPS) is 22.6. The van der Waals surface area contributed by atoms with E-state index in [2.05, 4.69) is 46.5 Å². The standard InChI is InChI=1S/C19H36N4/c1-3-5-9-14-21-19(20-4-2)22-17-12-15-23(16-13-17)18-10-7-6-8-11-18/h3,5,17-18H,4,6-16H2,1-2H3,(H2,20,21,22)/b5-3+. The molecule has 0 bridgehead atoms. The summed E-state index contributed by atoms with van der Waals surface area (Å²) in [5.41, 5.74) is 0. The molecule has 1 heterocycles. The van der Waals surface area contributed by atoms with Crippen LogP contribution < -0.4 is 10.6 Å². The molecule has 0 unspecified atom stereocenters. The lowest BCUT2D eigenvalue weighted by molar-refractivity contribution is 0.119. The maximum atomic E-state index is 4.68. The minimum Gasteiger partial charge on any atom is -0.357 e. The van der Waals surface area contributed by atoms with E-state index >= 15 is 0 Å². The van der Waals surface area contributed by atoms with Gasteiger partial charge in [0.2, 0.25) is 0 Å². The van der Waals surface area contributed by atoms with Crippen molar-refractivity contribution < 1.29 is 0 Å². The highest BCUT2D eigenvalue weighted by molar-refractivity contribution is 5.80. The van der Waals surface area contributed by atoms with Crippen LogP contribution in [-0.2, 0) is 0 Å². The predicted octanol–water partition coefficient (Wildman–Crippen LogP) is 3.30. The van der Waals surface area contributed by atoms with E-state index in [4.69, 9.17) is 0 Å². The minimum atomic E-state index is 0.578. The van der Waals surface area contributed by atoms with Crippen molar-refractivity contribution in [2.75, 3.05) is 26.2 Å². The van der Waals surface area contributed by atoms with Gasteiger partial charge >= 0.3 is 0 Å². The molecule has 2 rings (SSSR count). The molecular weight excluding hydrogens is 284 g/mol. The maximum absolute atomic E-state index is 4.68. The fourth-order valence-corrected chi connectivity index (χ4v) is 3.79. The van der Waals surface area contributed by atoms with Crippen molar-refractivity contribution in [1.29, 1.82) is 0 Å². The molecule has 23 heavy (non-hydrogen) atoms. The van der Waals surface area contributed by atoms with Gasteiger partial charge in [-0.3, -0.25) is 4.99 Å². The number of allylic oxidation sites excluding steroid dienone is 1. The van der Waals surface area contributed by atoms with Crippen LogP contribution in [0.1, 0.15) is 65.2 Å². The third kappa shape index (κ3) is 6.54. The number of aliphatic imine (C=N–C) groups is 1. The Hall–Kier alpha value is -1.03. The molecule has 2 aliphatic rings. The van der Waals surface area contributed by atoms with E-state index in [1.807, 2.05) is 0 Å². The monoisotopic (exact) mass is 320 g/mol. The average Bonchev–Trinajstić information content (AvgIpc) is 2.60. The highest BCUT2D eigenvalue weighted by atomic mass is 15.2. The topological polar surface area (TPSA) is 39.7 Å². The molecule has 1 saturated heterocycles. The number of rotatable bonds is 6. The first-order chi connectivity index (χ1) is 11.3. The minimum absolute atomic E-state index is 0.578. The van der Waals surface area contributed by atoms with Crippen LogP contribution in [0.25, 0.3) is 0 Å². The van der Waals surface area contributed by atoms with Crippen LogP contribution in [0.5, 0.6) is 0 Å². The van der Waals surface area contributed by atoms with E-state index in [0.29, 0.717) is 6.04 Å². The Morgan fingerprint density at radius 3 is 2.52 bits per heavy atom. The van der Waals surface area contributed by atoms with Crippen LogP contribution in [0.3, 0.4) is 0 Å². The van der Waals surface area contributed by atoms with Crippen molar-refractivity contribution in [3.05, 3.63) is 12.2 Å². The van der Waals surface area contributed by atoms with Gasteiger partial charge in [-0.2, -0.15) is 0 Å². The molecule has 0 aromatic heterocycles. The molecule has 2 N–H and O–H groups in total. The second-order valence-corrected chi connectivity index (χ2v) is 6.86. The van der Waals surface area contributed by atoms with Crippen molar-refractivity contribution in [1.82, 2.24) is 15.5 Å². The molecule has 0 aromatic carbocycles. The highest BCUT2D eigenvalue weighted by Crippen LogP contribution is 2.25. The number of hydrogen-bond donors (Lipinski definition) is 2. The molecule has 0 atom stereocenters. The van der Waals surface area contributed by atoms with E-state index in [0.717, 1.165) is 31.5 Å². The number of nitrogens with zero attached hydrogens (tertiary/aromatic N) is 2. The fourth-order valence-electron chi connectivity index (χ4n) is 3.79. The molecule has 2 fully saturated rings. The Morgan fingerprint density at radius 1 is 1.13 bits per heavy atom. The first-order valence-corrected chi connectivity index (χ1v) is 9.73. The van der Waals surface area contributed by atoms with Crippen molar-refractivity contribution in [3.63, 3.8) is 0 Å². The first-order valence-electron chi connectivity index (χ1n) is 9.73. The van der Waals surface area contributed by atoms with E-state index in [1.54, 1.807) is 0 Å². The van der Waals surface area contributed by atoms with Gasteiger partial charge in [0.25, 0.3) is 0 Å². The lowest BCUT2D eigenvalue weighted by Gasteiger charge is -2.39. The van der Waals surface area contributed by atoms with Crippen LogP contribution in [0.2, 0.25) is 0 Å². The molecule has 1 saturated carbocycles. The van der Waals surface area contributed by atoms with Gasteiger partial charge in [0.05, 0.1) is 0 Å². The summed E-state index contributed by atoms with van der Waals surface area (Å²) in [6, 6.07) is 1.45. The van der Waals surface area contributed by atoms with Gasteiger partial charge in [-0.25, -0.2) is 0 Å². The molecule has 0 spiro atoms. The van der Waals surface area contributed by atoms with E-state index < -0.39 is 0 Å². The van der Waals surface area contributed by atoms with E-state index in [-0.39, 0.29) is 0 Å². The second-order valence-electron chi connectivity index (χ2n) is 6.86. The van der Waals surface area contributed by atoms with Gasteiger partial charge in [0.1, 0.15) is 0 Å². The molecule has 0 radical (unpaired) electrons. The van der Waals surface area contributed by atoms with E-state index in [9.17, 15) is 0 Å². The Morgan fingerprint density at radius 2 is 1.87 bits per heavy atom. The fraction of sp³-hybridized carbons (Fsp3) is 0.842. The Balaban J connectivity index is 1.74. The summed E-state index contributed by atoms with van der Waals surface area (Å²) < 4.78 is 0. The molecule has 132 valence electrons. The van der Waals surface area contributed by atoms with Crippen molar-refractivity contribution in [2.45, 2.75) is 77.3 Å². The summed E-state index contributed by atoms with van der Waals surface area (Å²) >= 11 is 0. The molecule has 1 aliphatic carbocycles. The number of likely N-dealkylation sites (tertiary alicyclic amines) is 1. The van der Waals surface area contributed by atoms with Gasteiger partial charge in [0, 0.05) is 38.3 Å². The van der Waals surface area contributed by atoms with Crippen LogP contribution in [-0.4, -0.2) is 49.1 Å². The summed E-state index contributed by atoms with van der Waals surface area (Å²) in [5, 5.41) is 7.03. The first kappa shape index (κ1) is 18.3. The maximum Gasteiger partial charge on any atom is 0.191 e. The number of guanidine groups is 1. The predicted molar refractivity (Wildman–Crippen MR) is 100 cm³/mol. The van der Waals surface area contributed by atoms with Gasteiger partial charge < -0.3 is 15.5 Å². The molecule has 4 heteroatoms. The Kier molecular flexibility index (Phi) is 8.51. The molecule has 1 aliphatic heterocycles. The van der Waals surface area contributed by atoms with Crippen molar-refractivity contribution in [3.8, 4) is 0 Å². The summed E-state index contributed by atoms with van der Waals surface area (Å²) in [6.07, 6.45) is 15.0. The zero-order valence-corrected chi connectivity index (χ0v) is 15.2. The summed E-state index contributed by atoms with van der Waals surface area (Å²) in [7, 11) is 0. The van der Waals surface area contributed by atoms with Gasteiger partial charge in [0.15, 0.2) is 5.96 Å². The largest absolute Gasteiger partial charge is 0.357 e. The van der Waals surface area contributed by atoms with E-state index in [1.165, 1.54) is 58.0 Å². The SMILES string of the molecule is C/C=C/CCN=C(NCC)NC1CCN(C2CCCCC2)CC1. The van der Waals surface area contributed by atoms with Gasteiger partial charge in [-0.05, 0) is 46.0 Å². The highest BCUT2D eigenvalue weighted by Gasteiger charge is 2.26. The molecule has 0 aromatic rings. The second kappa shape index (κ2) is 10.7. The Labute approximate surface area is 142 Å². The zero-order chi connectivity index (χ0) is 16.3. The van der Waals surface area contributed by atoms with Gasteiger partial charge in [-0.1, -0.05) is 31.4 Å². The number of hydrogen-bond acceptors (Lipinski definition) is 2. The van der Waals surface area contributed by atoms with Gasteiger partial charge in [-0.15, -0.1) is 0 Å². The van der Waals surface area contributed by atoms with Crippen LogP contribution in [0, 0.1) is 0 Å². The van der Waals surface area contributed by atoms with Crippen molar-refractivity contribution >= 4 is 5.96 Å². The lowest BCUT2D eigenvalue weighted by Crippen LogP contribution is -2.51. The molecule has 4 nitrogen and oxygen atoms in total.